The molecule has 0 saturated carbocycles. The van der Waals surface area contributed by atoms with Gasteiger partial charge in [-0.05, 0) is 199 Å². The molecule has 19 aromatic heterocycles. The molecule has 0 spiro atoms. The Bertz CT molecular complexity index is 9070. The van der Waals surface area contributed by atoms with Gasteiger partial charge >= 0.3 is 0 Å². The van der Waals surface area contributed by atoms with E-state index in [2.05, 4.69) is 201 Å². The van der Waals surface area contributed by atoms with E-state index < -0.39 is 23.5 Å². The molecular weight excluding hydrogens is 1890 g/mol. The molecule has 10 N–H and O–H groups in total. The first kappa shape index (κ1) is 95.1. The third kappa shape index (κ3) is 20.3. The summed E-state index contributed by atoms with van der Waals surface area (Å²) >= 11 is 0. The minimum atomic E-state index is -0.744. The second-order valence-electron chi connectivity index (χ2n) is 34.9. The number of hydrogen-bond acceptors (Lipinski definition) is 31. The minimum Gasteiger partial charge on any atom is -0.362 e. The Morgan fingerprint density at radius 2 is 0.658 bits per heavy atom. The summed E-state index contributed by atoms with van der Waals surface area (Å²) in [6.45, 7) is 16.0. The van der Waals surface area contributed by atoms with Crippen LogP contribution < -0.4 is 26.6 Å². The number of nitrogens with one attached hydrogen (secondary N) is 10. The molecule has 25 rings (SSSR count). The Balaban J connectivity index is 0.000000109. The average Bonchev–Trinajstić information content (AvgIpc) is 1.29. The molecule has 0 aliphatic heterocycles. The minimum absolute atomic E-state index is 0.0633. The zero-order valence-electron chi connectivity index (χ0n) is 80.7. The number of aryl methyl sites for hydroxylation is 3. The normalized spacial score (nSPS) is 12.3. The number of pyridine rings is 8. The van der Waals surface area contributed by atoms with Gasteiger partial charge in [0, 0.05) is 80.2 Å². The second kappa shape index (κ2) is 41.8. The number of aromatic amines is 5. The van der Waals surface area contributed by atoms with Crippen LogP contribution in [-0.2, 0) is 0 Å². The maximum atomic E-state index is 14.7. The summed E-state index contributed by atoms with van der Waals surface area (Å²) < 4.78 is 57.0. The SMILES string of the molecule is C[C@H](Nc1ncnc2nc[nH]c12)c1cc2cccc(C#N)c2nc1-c1ccccn1.C[C@H](Nc1ncnc2nc[nH]c12)c1cc2cccc(F)c2nc1-c1cc(F)cc(F)c1.Cc1cc(F)c2cc([C@H](C)Nc3ncnc4nc[nH]c34)c(-c3ccccn3)nc2c1.Cc1ccc2cc([C@H](C)Nc3ncnc4nc[nH]c34)c(-c3ccccn3)nc2c1.Cc1ccc2nc([C@H](C)Nc3ncnc4nc[nH]c34)c(-c3ccccn3)nc2c1. The van der Waals surface area contributed by atoms with Crippen LogP contribution in [0.15, 0.2) is 288 Å². The number of aromatic nitrogens is 30. The average molecular weight is 1980 g/mol. The summed E-state index contributed by atoms with van der Waals surface area (Å²) in [7, 11) is 0. The van der Waals surface area contributed by atoms with Crippen LogP contribution in [0.4, 0.5) is 46.7 Å². The Morgan fingerprint density at radius 1 is 0.282 bits per heavy atom. The molecule has 0 saturated heterocycles. The van der Waals surface area contributed by atoms with Gasteiger partial charge in [0.1, 0.15) is 99.8 Å². The maximum Gasteiger partial charge on any atom is 0.182 e. The zero-order valence-corrected chi connectivity index (χ0v) is 80.7. The lowest BCUT2D eigenvalue weighted by atomic mass is 9.98. The lowest BCUT2D eigenvalue weighted by Crippen LogP contribution is -2.13. The van der Waals surface area contributed by atoms with Gasteiger partial charge in [-0.25, -0.2) is 122 Å². The van der Waals surface area contributed by atoms with Gasteiger partial charge in [0.25, 0.3) is 0 Å². The van der Waals surface area contributed by atoms with Crippen molar-refractivity contribution in [3.05, 3.63) is 362 Å². The highest BCUT2D eigenvalue weighted by molar-refractivity contribution is 5.93. The quantitative estimate of drug-likeness (QED) is 0.0317. The Labute approximate surface area is 844 Å². The van der Waals surface area contributed by atoms with Crippen LogP contribution in [0.1, 0.15) is 115 Å². The van der Waals surface area contributed by atoms with Gasteiger partial charge in [-0.3, -0.25) is 19.9 Å². The summed E-state index contributed by atoms with van der Waals surface area (Å²) in [5.74, 6) is 0.844. The molecule has 0 amide bonds. The van der Waals surface area contributed by atoms with Crippen molar-refractivity contribution >= 4 is 140 Å². The van der Waals surface area contributed by atoms with Gasteiger partial charge in [-0.15, -0.1) is 0 Å². The van der Waals surface area contributed by atoms with E-state index in [1.807, 2.05) is 157 Å². The van der Waals surface area contributed by atoms with E-state index in [-0.39, 0.29) is 46.8 Å². The van der Waals surface area contributed by atoms with Crippen molar-refractivity contribution in [3.63, 3.8) is 0 Å². The largest absolute Gasteiger partial charge is 0.362 e. The first-order valence-corrected chi connectivity index (χ1v) is 47.1. The zero-order chi connectivity index (χ0) is 102. The molecule has 149 heavy (non-hydrogen) atoms. The smallest absolute Gasteiger partial charge is 0.182 e. The summed E-state index contributed by atoms with van der Waals surface area (Å²) in [6, 6.07) is 61.1. The van der Waals surface area contributed by atoms with Gasteiger partial charge in [0.15, 0.2) is 57.3 Å². The van der Waals surface area contributed by atoms with E-state index in [0.29, 0.717) is 107 Å². The highest BCUT2D eigenvalue weighted by Crippen LogP contribution is 2.40. The first-order chi connectivity index (χ1) is 72.7. The Morgan fingerprint density at radius 3 is 1.11 bits per heavy atom. The number of imidazole rings is 5. The van der Waals surface area contributed by atoms with Crippen LogP contribution in [0.5, 0.6) is 0 Å². The molecule has 0 aliphatic carbocycles. The van der Waals surface area contributed by atoms with Crippen LogP contribution in [0, 0.1) is 55.4 Å². The lowest BCUT2D eigenvalue weighted by Gasteiger charge is -2.19. The van der Waals surface area contributed by atoms with Crippen LogP contribution >= 0.6 is 0 Å². The predicted molar refractivity (Wildman–Crippen MR) is 562 cm³/mol. The maximum absolute atomic E-state index is 14.7. The van der Waals surface area contributed by atoms with E-state index in [0.717, 1.165) is 123 Å². The highest BCUT2D eigenvalue weighted by atomic mass is 19.1. The standard InChI is InChI=1S/C22H15F3N6.C22H18FN7.C22H16N8.C22H19N7.C21H18N8/c1-11(30-22-20-21(27-9-26-20)28-10-29-22)16-7-12-3-2-4-17(25)19(12)31-18(16)13-5-14(23)8-15(24)6-13;1-12-7-16(23)15-9-14(19(30-18(15)8-12)17-5-3-4-6-24-17)13(2)29-22-20-21(26-10-25-20)27-11-28-22;1-13(29-22-20-21(26-11-25-20)27-12-28-22)16-9-14-5-4-6-15(10-23)18(14)30-19(16)17-7-2-3-8-24-17;1-13-6-7-15-10-16(19(29-18(15)9-13)17-5-3-4-8-23-17)14(2)28-22-20-21(25-11-24-20)26-12-27-22;1-12-6-7-14-16(9-12)29-18(15-5-3-4-8-22-15)17(28-14)13(2)27-21-19-20(24-10-23-19)25-11-26-21/h2-11H,1H3,(H2,26,27,28,29,30);3-11,13H,1-2H3,(H2,25,26,27,28,29);2-9,11-13H,1H3,(H2,25,26,27,28,29);3-12,14H,1-2H3,(H2,24,25,26,27,28);3-11,13H,1-2H3,(H2,23,24,25,26,27)/t11-;2*13-;14-;13-/m00000/s1. The van der Waals surface area contributed by atoms with E-state index in [1.165, 1.54) is 67.8 Å². The number of benzene rings is 6. The molecule has 0 bridgehead atoms. The molecule has 0 aliphatic rings. The van der Waals surface area contributed by atoms with Crippen molar-refractivity contribution in [1.82, 2.24) is 150 Å². The van der Waals surface area contributed by atoms with Crippen molar-refractivity contribution in [2.24, 2.45) is 0 Å². The topological polar surface area (TPSA) is 485 Å². The molecule has 0 radical (unpaired) electrons. The summed E-state index contributed by atoms with van der Waals surface area (Å²) in [4.78, 5) is 125. The molecule has 0 fully saturated rings. The third-order valence-corrected chi connectivity index (χ3v) is 24.7. The van der Waals surface area contributed by atoms with Crippen LogP contribution in [-0.4, -0.2) is 150 Å². The first-order valence-electron chi connectivity index (χ1n) is 47.1. The molecule has 25 aromatic rings. The van der Waals surface area contributed by atoms with Crippen LogP contribution in [0.25, 0.3) is 167 Å². The number of halogens is 4. The number of hydrogen-bond donors (Lipinski definition) is 10. The van der Waals surface area contributed by atoms with Crippen LogP contribution in [0.2, 0.25) is 0 Å². The van der Waals surface area contributed by atoms with E-state index in [1.54, 1.807) is 74.4 Å². The van der Waals surface area contributed by atoms with Crippen molar-refractivity contribution in [2.45, 2.75) is 85.6 Å². The number of anilines is 5. The molecule has 730 valence electrons. The van der Waals surface area contributed by atoms with Crippen molar-refractivity contribution in [3.8, 4) is 62.9 Å². The van der Waals surface area contributed by atoms with Gasteiger partial charge in [-0.2, -0.15) is 5.26 Å². The van der Waals surface area contributed by atoms with E-state index >= 15 is 0 Å². The van der Waals surface area contributed by atoms with Crippen molar-refractivity contribution < 1.29 is 17.6 Å². The molecule has 19 heterocycles. The van der Waals surface area contributed by atoms with Crippen LogP contribution in [0.3, 0.4) is 0 Å². The lowest BCUT2D eigenvalue weighted by molar-refractivity contribution is 0.584. The fourth-order valence-electron chi connectivity index (χ4n) is 17.5. The molecule has 0 unspecified atom stereocenters. The molecular formula is C109H86F4N36. The van der Waals surface area contributed by atoms with Gasteiger partial charge in [-0.1, -0.05) is 66.7 Å². The molecule has 6 aromatic carbocycles. The number of para-hydroxylation sites is 2. The predicted octanol–water partition coefficient (Wildman–Crippen LogP) is 22.0. The number of rotatable bonds is 20. The summed E-state index contributed by atoms with van der Waals surface area (Å²) in [6.07, 6.45) is 22.2. The third-order valence-electron chi connectivity index (χ3n) is 24.7. The number of H-pyrrole nitrogens is 5. The van der Waals surface area contributed by atoms with Gasteiger partial charge < -0.3 is 51.5 Å². The van der Waals surface area contributed by atoms with Crippen molar-refractivity contribution in [2.75, 3.05) is 26.6 Å². The van der Waals surface area contributed by atoms with Crippen molar-refractivity contribution in [1.29, 1.82) is 5.26 Å². The van der Waals surface area contributed by atoms with E-state index in [9.17, 15) is 22.8 Å². The molecule has 5 atom stereocenters. The number of fused-ring (bicyclic) bond motifs is 10. The fourth-order valence-corrected chi connectivity index (χ4v) is 17.5. The van der Waals surface area contributed by atoms with E-state index in [4.69, 9.17) is 24.9 Å². The highest BCUT2D eigenvalue weighted by Gasteiger charge is 2.28. The van der Waals surface area contributed by atoms with Gasteiger partial charge in [0.05, 0.1) is 146 Å². The Hall–Kier alpha value is -20.1. The summed E-state index contributed by atoms with van der Waals surface area (Å²) in [5, 5.41) is 29.5. The molecule has 36 nitrogen and oxygen atoms in total. The number of nitriles is 1. The number of nitrogens with zero attached hydrogens (tertiary/aromatic N) is 26. The fraction of sp³-hybridized carbons (Fsp3) is 0.119. The monoisotopic (exact) mass is 1970 g/mol. The Kier molecular flexibility index (Phi) is 26.7. The summed E-state index contributed by atoms with van der Waals surface area (Å²) in [5.41, 5.74) is 25.0. The van der Waals surface area contributed by atoms with Gasteiger partial charge in [0.2, 0.25) is 0 Å². The molecule has 40 heteroatoms. The second-order valence-corrected chi connectivity index (χ2v) is 34.9.